The van der Waals surface area contributed by atoms with Crippen molar-refractivity contribution < 1.29 is 14.2 Å². The Morgan fingerprint density at radius 3 is 2.62 bits per heavy atom. The molecular formula is C9H12O3P+. The summed E-state index contributed by atoms with van der Waals surface area (Å²) in [6, 6.07) is 8.85. The summed E-state index contributed by atoms with van der Waals surface area (Å²) in [4.78, 5) is 0. The molecule has 0 saturated carbocycles. The van der Waals surface area contributed by atoms with Gasteiger partial charge >= 0.3 is 13.9 Å². The maximum Gasteiger partial charge on any atom is 0.545 e. The van der Waals surface area contributed by atoms with E-state index in [0.717, 1.165) is 0 Å². The Morgan fingerprint density at radius 1 is 1.46 bits per heavy atom. The first-order valence-corrected chi connectivity index (χ1v) is 5.32. The van der Waals surface area contributed by atoms with Gasteiger partial charge in [-0.1, -0.05) is 30.3 Å². The maximum absolute atomic E-state index is 11.2. The quantitative estimate of drug-likeness (QED) is 0.757. The SMILES string of the molecule is CCO[P+](=O)[C@@H](O)c1ccccc1. The van der Waals surface area contributed by atoms with Gasteiger partial charge < -0.3 is 5.11 Å². The zero-order valence-electron chi connectivity index (χ0n) is 7.38. The number of aliphatic hydroxyl groups is 1. The van der Waals surface area contributed by atoms with E-state index >= 15 is 0 Å². The average molecular weight is 199 g/mol. The molecule has 0 radical (unpaired) electrons. The Morgan fingerprint density at radius 2 is 2.08 bits per heavy atom. The van der Waals surface area contributed by atoms with Crippen molar-refractivity contribution in [3.63, 3.8) is 0 Å². The fraction of sp³-hybridized carbons (Fsp3) is 0.333. The van der Waals surface area contributed by atoms with Crippen LogP contribution in [-0.4, -0.2) is 11.7 Å². The molecule has 0 saturated heterocycles. The second kappa shape index (κ2) is 5.07. The summed E-state index contributed by atoms with van der Waals surface area (Å²) < 4.78 is 16.0. The van der Waals surface area contributed by atoms with Crippen molar-refractivity contribution in [2.24, 2.45) is 0 Å². The molecule has 1 aromatic carbocycles. The smallest absolute Gasteiger partial charge is 0.345 e. The van der Waals surface area contributed by atoms with Gasteiger partial charge in [-0.25, -0.2) is 0 Å². The summed E-state index contributed by atoms with van der Waals surface area (Å²) in [5.74, 6) is -1.02. The maximum atomic E-state index is 11.2. The molecule has 4 heteroatoms. The van der Waals surface area contributed by atoms with Crippen molar-refractivity contribution in [3.8, 4) is 0 Å². The molecule has 0 aliphatic heterocycles. The molecule has 0 spiro atoms. The van der Waals surface area contributed by atoms with Crippen LogP contribution in [0.5, 0.6) is 0 Å². The molecule has 1 aromatic rings. The van der Waals surface area contributed by atoms with Gasteiger partial charge in [-0.15, -0.1) is 4.52 Å². The van der Waals surface area contributed by atoms with E-state index in [9.17, 15) is 9.67 Å². The number of hydrogen-bond donors (Lipinski definition) is 1. The highest BCUT2D eigenvalue weighted by Gasteiger charge is 2.31. The molecular weight excluding hydrogens is 187 g/mol. The Kier molecular flexibility index (Phi) is 4.03. The largest absolute Gasteiger partial charge is 0.545 e. The third-order valence-corrected chi connectivity index (χ3v) is 2.76. The second-order valence-electron chi connectivity index (χ2n) is 2.49. The van der Waals surface area contributed by atoms with E-state index in [1.165, 1.54) is 0 Å². The van der Waals surface area contributed by atoms with Gasteiger partial charge in [0.2, 0.25) is 0 Å². The molecule has 0 aliphatic rings. The van der Waals surface area contributed by atoms with Crippen molar-refractivity contribution in [2.45, 2.75) is 12.8 Å². The predicted octanol–water partition coefficient (Wildman–Crippen LogP) is 2.46. The van der Waals surface area contributed by atoms with Crippen LogP contribution in [0.4, 0.5) is 0 Å². The Labute approximate surface area is 78.2 Å². The van der Waals surface area contributed by atoms with Crippen LogP contribution in [0.25, 0.3) is 0 Å². The average Bonchev–Trinajstić information content (AvgIpc) is 2.18. The van der Waals surface area contributed by atoms with Crippen LogP contribution >= 0.6 is 8.03 Å². The van der Waals surface area contributed by atoms with Gasteiger partial charge in [0.05, 0.1) is 6.61 Å². The van der Waals surface area contributed by atoms with E-state index < -0.39 is 13.9 Å². The normalized spacial score (nSPS) is 13.8. The van der Waals surface area contributed by atoms with Gasteiger partial charge in [-0.3, -0.25) is 0 Å². The zero-order chi connectivity index (χ0) is 9.68. The molecule has 0 heterocycles. The minimum atomic E-state index is -2.01. The standard InChI is InChI=1S/C9H12O3P/c1-2-12-13(11)9(10)8-6-4-3-5-7-8/h3-7,9-10H,2H2,1H3/q+1/t9-/m1/s1. The Hall–Kier alpha value is -0.760. The van der Waals surface area contributed by atoms with Gasteiger partial charge in [-0.2, -0.15) is 0 Å². The van der Waals surface area contributed by atoms with Gasteiger partial charge in [-0.05, 0) is 11.5 Å². The third-order valence-electron chi connectivity index (χ3n) is 1.55. The first-order chi connectivity index (χ1) is 6.25. The van der Waals surface area contributed by atoms with Crippen LogP contribution < -0.4 is 0 Å². The van der Waals surface area contributed by atoms with E-state index in [0.29, 0.717) is 12.2 Å². The number of benzene rings is 1. The van der Waals surface area contributed by atoms with E-state index in [2.05, 4.69) is 0 Å². The van der Waals surface area contributed by atoms with Gasteiger partial charge in [0, 0.05) is 5.56 Å². The molecule has 3 nitrogen and oxygen atoms in total. The van der Waals surface area contributed by atoms with Gasteiger partial charge in [0.1, 0.15) is 0 Å². The topological polar surface area (TPSA) is 46.5 Å². The van der Waals surface area contributed by atoms with Crippen molar-refractivity contribution in [3.05, 3.63) is 35.9 Å². The molecule has 0 bridgehead atoms. The summed E-state index contributed by atoms with van der Waals surface area (Å²) in [6.07, 6.45) is 0. The molecule has 0 aromatic heterocycles. The summed E-state index contributed by atoms with van der Waals surface area (Å²) in [5.41, 5.74) is 0.622. The van der Waals surface area contributed by atoms with Gasteiger partial charge in [0.25, 0.3) is 0 Å². The number of aliphatic hydroxyl groups excluding tert-OH is 1. The van der Waals surface area contributed by atoms with Crippen molar-refractivity contribution in [2.75, 3.05) is 6.61 Å². The molecule has 0 fully saturated rings. The lowest BCUT2D eigenvalue weighted by Crippen LogP contribution is -1.93. The summed E-state index contributed by atoms with van der Waals surface area (Å²) in [7, 11) is -2.01. The molecule has 1 rings (SSSR count). The fourth-order valence-corrected chi connectivity index (χ4v) is 1.76. The van der Waals surface area contributed by atoms with E-state index in [-0.39, 0.29) is 0 Å². The summed E-state index contributed by atoms with van der Waals surface area (Å²) in [5, 5.41) is 9.51. The highest BCUT2D eigenvalue weighted by Crippen LogP contribution is 2.39. The van der Waals surface area contributed by atoms with Crippen LogP contribution in [0.15, 0.2) is 30.3 Å². The van der Waals surface area contributed by atoms with Crippen LogP contribution in [-0.2, 0) is 9.09 Å². The van der Waals surface area contributed by atoms with Crippen molar-refractivity contribution in [1.29, 1.82) is 0 Å². The minimum absolute atomic E-state index is 0.346. The molecule has 0 amide bonds. The second-order valence-corrected chi connectivity index (χ2v) is 3.81. The minimum Gasteiger partial charge on any atom is -0.345 e. The van der Waals surface area contributed by atoms with Crippen LogP contribution in [0, 0.1) is 0 Å². The van der Waals surface area contributed by atoms with Crippen LogP contribution in [0.2, 0.25) is 0 Å². The lowest BCUT2D eigenvalue weighted by atomic mass is 10.2. The molecule has 1 unspecified atom stereocenters. The predicted molar refractivity (Wildman–Crippen MR) is 50.6 cm³/mol. The number of rotatable bonds is 4. The Balaban J connectivity index is 2.68. The van der Waals surface area contributed by atoms with Crippen molar-refractivity contribution >= 4 is 8.03 Å². The lowest BCUT2D eigenvalue weighted by molar-refractivity contribution is 0.225. The molecule has 70 valence electrons. The molecule has 13 heavy (non-hydrogen) atoms. The highest BCUT2D eigenvalue weighted by atomic mass is 31.1. The Bertz CT molecular complexity index is 273. The first kappa shape index (κ1) is 10.3. The zero-order valence-corrected chi connectivity index (χ0v) is 8.28. The molecule has 2 atom stereocenters. The first-order valence-electron chi connectivity index (χ1n) is 4.08. The highest BCUT2D eigenvalue weighted by molar-refractivity contribution is 7.39. The van der Waals surface area contributed by atoms with Crippen LogP contribution in [0.3, 0.4) is 0 Å². The van der Waals surface area contributed by atoms with Crippen molar-refractivity contribution in [1.82, 2.24) is 0 Å². The third kappa shape index (κ3) is 2.88. The van der Waals surface area contributed by atoms with E-state index in [4.69, 9.17) is 4.52 Å². The van der Waals surface area contributed by atoms with E-state index in [1.54, 1.807) is 31.2 Å². The summed E-state index contributed by atoms with van der Waals surface area (Å²) >= 11 is 0. The molecule has 1 N–H and O–H groups in total. The van der Waals surface area contributed by atoms with Crippen LogP contribution in [0.1, 0.15) is 18.3 Å². The summed E-state index contributed by atoms with van der Waals surface area (Å²) in [6.45, 7) is 2.09. The van der Waals surface area contributed by atoms with E-state index in [1.807, 2.05) is 6.07 Å². The number of hydrogen-bond acceptors (Lipinski definition) is 3. The lowest BCUT2D eigenvalue weighted by Gasteiger charge is -1.97. The molecule has 0 aliphatic carbocycles. The monoisotopic (exact) mass is 199 g/mol. The van der Waals surface area contributed by atoms with Gasteiger partial charge in [0.15, 0.2) is 0 Å². The fourth-order valence-electron chi connectivity index (χ4n) is 0.945.